The third-order valence-electron chi connectivity index (χ3n) is 6.89. The van der Waals surface area contributed by atoms with Crippen molar-refractivity contribution in [3.63, 3.8) is 0 Å². The highest BCUT2D eigenvalue weighted by Gasteiger charge is 2.50. The van der Waals surface area contributed by atoms with Crippen LogP contribution in [0.15, 0.2) is 42.5 Å². The fraction of sp³-hybridized carbons (Fsp3) is 0.480. The molecule has 1 spiro atoms. The van der Waals surface area contributed by atoms with Gasteiger partial charge in [0, 0.05) is 16.1 Å². The first-order valence-electron chi connectivity index (χ1n) is 10.9. The van der Waals surface area contributed by atoms with Gasteiger partial charge in [0.15, 0.2) is 0 Å². The average Bonchev–Trinajstić information content (AvgIpc) is 3.01. The van der Waals surface area contributed by atoms with Crippen molar-refractivity contribution in [2.45, 2.75) is 76.3 Å². The Labute approximate surface area is 179 Å². The van der Waals surface area contributed by atoms with Crippen LogP contribution in [0.4, 0.5) is 5.69 Å². The normalized spacial score (nSPS) is 21.6. The van der Waals surface area contributed by atoms with Crippen molar-refractivity contribution < 1.29 is 4.79 Å². The molecule has 1 fully saturated rings. The van der Waals surface area contributed by atoms with Gasteiger partial charge in [-0.25, -0.2) is 0 Å². The molecule has 4 rings (SSSR count). The minimum atomic E-state index is -0.235. The summed E-state index contributed by atoms with van der Waals surface area (Å²) in [7, 11) is 0. The fourth-order valence-corrected chi connectivity index (χ4v) is 5.62. The Morgan fingerprint density at radius 1 is 1.07 bits per heavy atom. The molecule has 2 aromatic carbocycles. The number of fused-ring (bicyclic) bond motifs is 2. The summed E-state index contributed by atoms with van der Waals surface area (Å²) >= 11 is 6.37. The molecule has 0 radical (unpaired) electrons. The number of amides is 1. The number of nitrogens with one attached hydrogen (secondary N) is 2. The smallest absolute Gasteiger partial charge is 0.243 e. The highest BCUT2D eigenvalue weighted by molar-refractivity contribution is 6.31. The van der Waals surface area contributed by atoms with Crippen LogP contribution in [0, 0.1) is 6.92 Å². The van der Waals surface area contributed by atoms with Gasteiger partial charge >= 0.3 is 0 Å². The van der Waals surface area contributed by atoms with Crippen LogP contribution < -0.4 is 10.6 Å². The first-order chi connectivity index (χ1) is 14.0. The lowest BCUT2D eigenvalue weighted by atomic mass is 9.68. The van der Waals surface area contributed by atoms with Gasteiger partial charge in [-0.3, -0.25) is 4.79 Å². The van der Waals surface area contributed by atoms with E-state index >= 15 is 0 Å². The van der Waals surface area contributed by atoms with E-state index in [1.54, 1.807) is 0 Å². The van der Waals surface area contributed by atoms with Crippen LogP contribution >= 0.6 is 11.6 Å². The Hall–Kier alpha value is -2.00. The number of carbonyl (C=O) groups is 1. The summed E-state index contributed by atoms with van der Waals surface area (Å²) in [5.41, 5.74) is 4.56. The van der Waals surface area contributed by atoms with Crippen LogP contribution in [0.2, 0.25) is 5.02 Å². The molecular weight excluding hydrogens is 380 g/mol. The molecule has 3 nitrogen and oxygen atoms in total. The maximum atomic E-state index is 13.6. The maximum Gasteiger partial charge on any atom is 0.243 e. The van der Waals surface area contributed by atoms with Gasteiger partial charge in [0.1, 0.15) is 6.04 Å². The molecule has 1 unspecified atom stereocenters. The van der Waals surface area contributed by atoms with Gasteiger partial charge in [-0.05, 0) is 49.4 Å². The van der Waals surface area contributed by atoms with Crippen molar-refractivity contribution >= 4 is 23.2 Å². The van der Waals surface area contributed by atoms with Gasteiger partial charge < -0.3 is 10.6 Å². The number of para-hydroxylation sites is 1. The molecule has 2 aromatic rings. The zero-order valence-corrected chi connectivity index (χ0v) is 18.2. The molecule has 1 aliphatic carbocycles. The number of benzene rings is 2. The number of rotatable bonds is 3. The minimum absolute atomic E-state index is 0.0774. The van der Waals surface area contributed by atoms with Crippen LogP contribution in [-0.4, -0.2) is 11.9 Å². The van der Waals surface area contributed by atoms with E-state index in [1.807, 2.05) is 31.2 Å². The lowest BCUT2D eigenvalue weighted by molar-refractivity contribution is -0.124. The largest absolute Gasteiger partial charge is 0.373 e. The molecule has 1 heterocycles. The molecular formula is C25H31ClN2O. The SMILES string of the molecule is Cc1cccc2c1NC(C(=O)N[C@@H](C)c1ccccc1Cl)C21CCCCCCC1. The van der Waals surface area contributed by atoms with E-state index in [4.69, 9.17) is 11.6 Å². The van der Waals surface area contributed by atoms with Crippen LogP contribution in [0.5, 0.6) is 0 Å². The predicted molar refractivity (Wildman–Crippen MR) is 121 cm³/mol. The molecule has 29 heavy (non-hydrogen) atoms. The summed E-state index contributed by atoms with van der Waals surface area (Å²) in [6.07, 6.45) is 8.31. The molecule has 2 N–H and O–H groups in total. The lowest BCUT2D eigenvalue weighted by Crippen LogP contribution is -2.50. The highest BCUT2D eigenvalue weighted by atomic mass is 35.5. The Balaban J connectivity index is 1.65. The van der Waals surface area contributed by atoms with Gasteiger partial charge in [-0.1, -0.05) is 80.1 Å². The number of carbonyl (C=O) groups excluding carboxylic acids is 1. The summed E-state index contributed by atoms with van der Waals surface area (Å²) in [4.78, 5) is 13.6. The molecule has 1 amide bonds. The first-order valence-corrected chi connectivity index (χ1v) is 11.3. The lowest BCUT2D eigenvalue weighted by Gasteiger charge is -2.37. The van der Waals surface area contributed by atoms with E-state index in [-0.39, 0.29) is 23.4 Å². The standard InChI is InChI=1S/C25H31ClN2O/c1-17-11-10-13-20-22(17)28-23(25(20)15-8-4-3-5-9-16-25)24(29)27-18(2)19-12-6-7-14-21(19)26/h6-7,10-14,18,23,28H,3-5,8-9,15-16H2,1-2H3,(H,27,29)/t18-,23?/m0/s1. The van der Waals surface area contributed by atoms with E-state index in [1.165, 1.54) is 48.9 Å². The van der Waals surface area contributed by atoms with Crippen molar-refractivity contribution in [1.82, 2.24) is 5.32 Å². The van der Waals surface area contributed by atoms with Gasteiger partial charge in [-0.2, -0.15) is 0 Å². The third-order valence-corrected chi connectivity index (χ3v) is 7.23. The molecule has 1 aliphatic heterocycles. The molecule has 4 heteroatoms. The van der Waals surface area contributed by atoms with Gasteiger partial charge in [0.05, 0.1) is 6.04 Å². The molecule has 0 bridgehead atoms. The molecule has 0 saturated heterocycles. The minimum Gasteiger partial charge on any atom is -0.373 e. The molecule has 1 saturated carbocycles. The second-order valence-electron chi connectivity index (χ2n) is 8.75. The number of hydrogen-bond donors (Lipinski definition) is 2. The van der Waals surface area contributed by atoms with Crippen molar-refractivity contribution in [2.24, 2.45) is 0 Å². The zero-order chi connectivity index (χ0) is 20.4. The van der Waals surface area contributed by atoms with Crippen LogP contribution in [0.25, 0.3) is 0 Å². The van der Waals surface area contributed by atoms with Crippen LogP contribution in [-0.2, 0) is 10.2 Å². The Kier molecular flexibility index (Phi) is 5.87. The molecule has 2 aliphatic rings. The van der Waals surface area contributed by atoms with E-state index in [0.29, 0.717) is 5.02 Å². The molecule has 2 atom stereocenters. The second-order valence-corrected chi connectivity index (χ2v) is 9.16. The Morgan fingerprint density at radius 3 is 2.48 bits per heavy atom. The van der Waals surface area contributed by atoms with Gasteiger partial charge in [-0.15, -0.1) is 0 Å². The van der Waals surface area contributed by atoms with E-state index in [0.717, 1.165) is 18.4 Å². The zero-order valence-electron chi connectivity index (χ0n) is 17.4. The number of anilines is 1. The van der Waals surface area contributed by atoms with Gasteiger partial charge in [0.25, 0.3) is 0 Å². The maximum absolute atomic E-state index is 13.6. The number of halogens is 1. The molecule has 154 valence electrons. The van der Waals surface area contributed by atoms with Crippen molar-refractivity contribution in [2.75, 3.05) is 5.32 Å². The average molecular weight is 411 g/mol. The van der Waals surface area contributed by atoms with E-state index < -0.39 is 0 Å². The summed E-state index contributed by atoms with van der Waals surface area (Å²) in [6, 6.07) is 13.9. The van der Waals surface area contributed by atoms with Crippen molar-refractivity contribution in [1.29, 1.82) is 0 Å². The van der Waals surface area contributed by atoms with Crippen molar-refractivity contribution in [3.05, 3.63) is 64.2 Å². The van der Waals surface area contributed by atoms with Crippen molar-refractivity contribution in [3.8, 4) is 0 Å². The third kappa shape index (κ3) is 3.77. The molecule has 0 aromatic heterocycles. The summed E-state index contributed by atoms with van der Waals surface area (Å²) in [6.45, 7) is 4.15. The topological polar surface area (TPSA) is 41.1 Å². The van der Waals surface area contributed by atoms with E-state index in [9.17, 15) is 4.79 Å². The number of hydrogen-bond acceptors (Lipinski definition) is 2. The number of aryl methyl sites for hydroxylation is 1. The summed E-state index contributed by atoms with van der Waals surface area (Å²) < 4.78 is 0. The quantitative estimate of drug-likeness (QED) is 0.623. The Bertz CT molecular complexity index is 886. The second kappa shape index (κ2) is 8.39. The monoisotopic (exact) mass is 410 g/mol. The van der Waals surface area contributed by atoms with Crippen LogP contribution in [0.1, 0.15) is 74.6 Å². The highest BCUT2D eigenvalue weighted by Crippen LogP contribution is 2.50. The fourth-order valence-electron chi connectivity index (χ4n) is 5.32. The van der Waals surface area contributed by atoms with Crippen LogP contribution in [0.3, 0.4) is 0 Å². The van der Waals surface area contributed by atoms with Gasteiger partial charge in [0.2, 0.25) is 5.91 Å². The summed E-state index contributed by atoms with van der Waals surface area (Å²) in [5, 5.41) is 7.59. The summed E-state index contributed by atoms with van der Waals surface area (Å²) in [5.74, 6) is 0.0774. The van der Waals surface area contributed by atoms with E-state index in [2.05, 4.69) is 35.8 Å². The predicted octanol–water partition coefficient (Wildman–Crippen LogP) is 6.30. The first kappa shape index (κ1) is 20.3. The Morgan fingerprint density at radius 2 is 1.76 bits per heavy atom.